The molecule has 0 heterocycles. The second kappa shape index (κ2) is 6.69. The van der Waals surface area contributed by atoms with Crippen LogP contribution in [0.5, 0.6) is 0 Å². The number of ketones is 1. The summed E-state index contributed by atoms with van der Waals surface area (Å²) in [5.41, 5.74) is 1.86. The number of ether oxygens (including phenoxy) is 1. The molecule has 0 aromatic rings. The maximum Gasteiger partial charge on any atom is 0.330 e. The summed E-state index contributed by atoms with van der Waals surface area (Å²) in [6.45, 7) is 9.73. The van der Waals surface area contributed by atoms with Gasteiger partial charge in [-0.25, -0.2) is 4.79 Å². The average Bonchev–Trinajstić information content (AvgIpc) is 2.34. The first-order chi connectivity index (χ1) is 9.27. The van der Waals surface area contributed by atoms with E-state index < -0.39 is 0 Å². The summed E-state index contributed by atoms with van der Waals surface area (Å²) >= 11 is 0. The summed E-state index contributed by atoms with van der Waals surface area (Å²) in [7, 11) is 0. The zero-order chi connectivity index (χ0) is 15.3. The van der Waals surface area contributed by atoms with Crippen molar-refractivity contribution in [1.29, 1.82) is 0 Å². The highest BCUT2D eigenvalue weighted by Crippen LogP contribution is 2.39. The van der Waals surface area contributed by atoms with Crippen molar-refractivity contribution in [3.05, 3.63) is 35.5 Å². The van der Waals surface area contributed by atoms with Crippen LogP contribution in [-0.2, 0) is 14.3 Å². The maximum absolute atomic E-state index is 11.8. The lowest BCUT2D eigenvalue weighted by Crippen LogP contribution is -2.24. The van der Waals surface area contributed by atoms with Gasteiger partial charge in [-0.2, -0.15) is 0 Å². The van der Waals surface area contributed by atoms with Gasteiger partial charge in [-0.3, -0.25) is 4.79 Å². The first-order valence-corrected chi connectivity index (χ1v) is 7.04. The minimum Gasteiger partial charge on any atom is -0.455 e. The number of carbonyl (C=O) groups is 2. The molecule has 0 N–H and O–H groups in total. The lowest BCUT2D eigenvalue weighted by molar-refractivity contribution is -0.140. The van der Waals surface area contributed by atoms with Crippen LogP contribution in [0.4, 0.5) is 0 Å². The molecule has 0 aromatic carbocycles. The molecule has 0 saturated carbocycles. The topological polar surface area (TPSA) is 43.4 Å². The SMILES string of the molecule is C/C=C/C(=O)OC(C)/C=C/C1=C(C)C(=O)CCC1(C)C. The van der Waals surface area contributed by atoms with E-state index in [1.165, 1.54) is 6.08 Å². The Morgan fingerprint density at radius 2 is 2.05 bits per heavy atom. The first-order valence-electron chi connectivity index (χ1n) is 7.04. The van der Waals surface area contributed by atoms with Gasteiger partial charge in [-0.15, -0.1) is 0 Å². The van der Waals surface area contributed by atoms with Gasteiger partial charge < -0.3 is 4.74 Å². The van der Waals surface area contributed by atoms with Crippen molar-refractivity contribution in [2.45, 2.75) is 53.6 Å². The summed E-state index contributed by atoms with van der Waals surface area (Å²) in [6.07, 6.45) is 7.96. The molecule has 0 aromatic heterocycles. The Labute approximate surface area is 121 Å². The van der Waals surface area contributed by atoms with Gasteiger partial charge in [0.1, 0.15) is 6.10 Å². The molecule has 110 valence electrons. The first kappa shape index (κ1) is 16.4. The molecule has 0 spiro atoms. The molecule has 0 saturated heterocycles. The molecule has 0 bridgehead atoms. The Hall–Kier alpha value is -1.64. The lowest BCUT2D eigenvalue weighted by Gasteiger charge is -2.32. The number of allylic oxidation sites excluding steroid dienone is 4. The van der Waals surface area contributed by atoms with E-state index in [1.54, 1.807) is 13.0 Å². The molecule has 1 aliphatic carbocycles. The number of hydrogen-bond acceptors (Lipinski definition) is 3. The van der Waals surface area contributed by atoms with Gasteiger partial charge in [0.15, 0.2) is 5.78 Å². The minimum absolute atomic E-state index is 0.0124. The van der Waals surface area contributed by atoms with Crippen LogP contribution < -0.4 is 0 Å². The van der Waals surface area contributed by atoms with Crippen molar-refractivity contribution in [1.82, 2.24) is 0 Å². The molecule has 20 heavy (non-hydrogen) atoms. The van der Waals surface area contributed by atoms with Crippen LogP contribution in [0.2, 0.25) is 0 Å². The van der Waals surface area contributed by atoms with Crippen molar-refractivity contribution in [2.24, 2.45) is 5.41 Å². The molecular weight excluding hydrogens is 252 g/mol. The minimum atomic E-state index is -0.352. The Balaban J connectivity index is 2.84. The summed E-state index contributed by atoms with van der Waals surface area (Å²) in [5.74, 6) is -0.142. The number of hydrogen-bond donors (Lipinski definition) is 0. The normalized spacial score (nSPS) is 20.8. The average molecular weight is 276 g/mol. The third-order valence-corrected chi connectivity index (χ3v) is 3.67. The predicted octanol–water partition coefficient (Wildman–Crippen LogP) is 3.76. The van der Waals surface area contributed by atoms with E-state index in [4.69, 9.17) is 4.74 Å². The second-order valence-electron chi connectivity index (χ2n) is 5.85. The molecule has 1 atom stereocenters. The molecule has 0 aliphatic heterocycles. The van der Waals surface area contributed by atoms with Crippen molar-refractivity contribution in [3.8, 4) is 0 Å². The third kappa shape index (κ3) is 4.19. The highest BCUT2D eigenvalue weighted by molar-refractivity contribution is 5.97. The highest BCUT2D eigenvalue weighted by Gasteiger charge is 2.30. The van der Waals surface area contributed by atoms with E-state index in [0.29, 0.717) is 6.42 Å². The Morgan fingerprint density at radius 3 is 2.65 bits per heavy atom. The highest BCUT2D eigenvalue weighted by atomic mass is 16.5. The summed E-state index contributed by atoms with van der Waals surface area (Å²) < 4.78 is 5.19. The quantitative estimate of drug-likeness (QED) is 0.580. The van der Waals surface area contributed by atoms with Crippen LogP contribution in [0.3, 0.4) is 0 Å². The molecule has 0 fully saturated rings. The van der Waals surface area contributed by atoms with E-state index in [9.17, 15) is 9.59 Å². The summed E-state index contributed by atoms with van der Waals surface area (Å²) in [6, 6.07) is 0. The zero-order valence-corrected chi connectivity index (χ0v) is 13.0. The van der Waals surface area contributed by atoms with Gasteiger partial charge in [0.05, 0.1) is 0 Å². The van der Waals surface area contributed by atoms with Gasteiger partial charge in [-0.05, 0) is 49.8 Å². The maximum atomic E-state index is 11.8. The fourth-order valence-corrected chi connectivity index (χ4v) is 2.39. The van der Waals surface area contributed by atoms with Crippen molar-refractivity contribution >= 4 is 11.8 Å². The Bertz CT molecular complexity index is 478. The van der Waals surface area contributed by atoms with Gasteiger partial charge in [-0.1, -0.05) is 26.0 Å². The second-order valence-corrected chi connectivity index (χ2v) is 5.85. The fourth-order valence-electron chi connectivity index (χ4n) is 2.39. The number of carbonyl (C=O) groups excluding carboxylic acids is 2. The standard InChI is InChI=1S/C17H24O3/c1-6-7-16(19)20-12(2)8-9-14-13(3)15(18)10-11-17(14,4)5/h6-9,12H,10-11H2,1-5H3/b7-6+,9-8+. The number of rotatable bonds is 4. The fraction of sp³-hybridized carbons (Fsp3) is 0.529. The smallest absolute Gasteiger partial charge is 0.330 e. The van der Waals surface area contributed by atoms with Crippen molar-refractivity contribution < 1.29 is 14.3 Å². The van der Waals surface area contributed by atoms with Crippen LogP contribution in [0.1, 0.15) is 47.5 Å². The van der Waals surface area contributed by atoms with Crippen LogP contribution in [-0.4, -0.2) is 17.9 Å². The van der Waals surface area contributed by atoms with Crippen molar-refractivity contribution in [3.63, 3.8) is 0 Å². The molecular formula is C17H24O3. The molecule has 3 nitrogen and oxygen atoms in total. The van der Waals surface area contributed by atoms with Crippen LogP contribution in [0, 0.1) is 5.41 Å². The molecule has 0 amide bonds. The van der Waals surface area contributed by atoms with Crippen LogP contribution >= 0.6 is 0 Å². The number of Topliss-reactive ketones (excluding diaryl/α,β-unsaturated/α-hetero) is 1. The largest absolute Gasteiger partial charge is 0.455 e. The molecule has 1 unspecified atom stereocenters. The van der Waals surface area contributed by atoms with Crippen molar-refractivity contribution in [2.75, 3.05) is 0 Å². The predicted molar refractivity (Wildman–Crippen MR) is 80.2 cm³/mol. The van der Waals surface area contributed by atoms with E-state index in [0.717, 1.165) is 17.6 Å². The van der Waals surface area contributed by atoms with E-state index in [1.807, 2.05) is 26.0 Å². The summed E-state index contributed by atoms with van der Waals surface area (Å²) in [5, 5.41) is 0. The van der Waals surface area contributed by atoms with E-state index >= 15 is 0 Å². The Morgan fingerprint density at radius 1 is 1.40 bits per heavy atom. The Kier molecular flexibility index (Phi) is 5.49. The molecule has 1 aliphatic rings. The third-order valence-electron chi connectivity index (χ3n) is 3.67. The van der Waals surface area contributed by atoms with Crippen LogP contribution in [0.15, 0.2) is 35.5 Å². The van der Waals surface area contributed by atoms with Gasteiger partial charge in [0, 0.05) is 12.5 Å². The van der Waals surface area contributed by atoms with E-state index in [-0.39, 0.29) is 23.3 Å². The zero-order valence-electron chi connectivity index (χ0n) is 13.0. The van der Waals surface area contributed by atoms with Gasteiger partial charge in [0.25, 0.3) is 0 Å². The molecule has 1 rings (SSSR count). The lowest BCUT2D eigenvalue weighted by atomic mass is 9.72. The van der Waals surface area contributed by atoms with Gasteiger partial charge >= 0.3 is 5.97 Å². The summed E-state index contributed by atoms with van der Waals surface area (Å²) in [4.78, 5) is 23.2. The number of esters is 1. The molecule has 3 heteroatoms. The monoisotopic (exact) mass is 276 g/mol. The van der Waals surface area contributed by atoms with Gasteiger partial charge in [0.2, 0.25) is 0 Å². The molecule has 0 radical (unpaired) electrons. The van der Waals surface area contributed by atoms with E-state index in [2.05, 4.69) is 13.8 Å². The van der Waals surface area contributed by atoms with Crippen LogP contribution in [0.25, 0.3) is 0 Å².